The predicted octanol–water partition coefficient (Wildman–Crippen LogP) is 3.64. The molecule has 0 saturated carbocycles. The normalized spacial score (nSPS) is 10.2. The van der Waals surface area contributed by atoms with Gasteiger partial charge in [0.15, 0.2) is 0 Å². The van der Waals surface area contributed by atoms with Gasteiger partial charge in [-0.1, -0.05) is 12.1 Å². The topological polar surface area (TPSA) is 81.1 Å². The molecule has 0 aliphatic rings. The fourth-order valence-electron chi connectivity index (χ4n) is 1.64. The van der Waals surface area contributed by atoms with E-state index in [4.69, 9.17) is 11.5 Å². The van der Waals surface area contributed by atoms with Gasteiger partial charge in [-0.15, -0.1) is 0 Å². The van der Waals surface area contributed by atoms with Crippen molar-refractivity contribution in [3.05, 3.63) is 50.9 Å². The first-order valence-electron chi connectivity index (χ1n) is 5.40. The number of amides is 1. The molecule has 5 N–H and O–H groups in total. The Kier molecular flexibility index (Phi) is 4.11. The summed E-state index contributed by atoms with van der Waals surface area (Å²) in [4.78, 5) is 11.3. The Balaban J connectivity index is 2.45. The number of carbonyl (C=O) groups is 1. The van der Waals surface area contributed by atoms with E-state index in [0.29, 0.717) is 16.9 Å². The van der Waals surface area contributed by atoms with Crippen LogP contribution in [0.5, 0.6) is 0 Å². The third-order valence-corrected chi connectivity index (χ3v) is 3.92. The van der Waals surface area contributed by atoms with E-state index in [0.717, 1.165) is 14.6 Å². The van der Waals surface area contributed by atoms with Crippen LogP contribution in [-0.4, -0.2) is 5.91 Å². The standard InChI is InChI=1S/C13H11Br2N3O/c14-8-4-2-5-9(15)12(8)18-10-6-1-3-7(11(10)16)13(17)19/h1-6,18H,16H2,(H2,17,19). The van der Waals surface area contributed by atoms with Crippen LogP contribution in [-0.2, 0) is 0 Å². The van der Waals surface area contributed by atoms with Crippen molar-refractivity contribution in [1.82, 2.24) is 0 Å². The number of nitrogens with one attached hydrogen (secondary N) is 1. The number of hydrogen-bond acceptors (Lipinski definition) is 3. The minimum absolute atomic E-state index is 0.299. The molecule has 2 aromatic carbocycles. The van der Waals surface area contributed by atoms with E-state index in [1.165, 1.54) is 0 Å². The Morgan fingerprint density at radius 2 is 1.63 bits per heavy atom. The molecule has 0 bridgehead atoms. The largest absolute Gasteiger partial charge is 0.396 e. The first kappa shape index (κ1) is 13.9. The summed E-state index contributed by atoms with van der Waals surface area (Å²) in [7, 11) is 0. The van der Waals surface area contributed by atoms with Crippen LogP contribution in [0.3, 0.4) is 0 Å². The molecule has 0 heterocycles. The van der Waals surface area contributed by atoms with Crippen molar-refractivity contribution in [3.8, 4) is 0 Å². The second-order valence-electron chi connectivity index (χ2n) is 3.85. The molecule has 0 spiro atoms. The highest BCUT2D eigenvalue weighted by Gasteiger charge is 2.11. The summed E-state index contributed by atoms with van der Waals surface area (Å²) >= 11 is 6.90. The van der Waals surface area contributed by atoms with Crippen molar-refractivity contribution in [3.63, 3.8) is 0 Å². The van der Waals surface area contributed by atoms with Gasteiger partial charge in [0, 0.05) is 8.95 Å². The zero-order valence-corrected chi connectivity index (χ0v) is 13.0. The van der Waals surface area contributed by atoms with Crippen LogP contribution in [0.2, 0.25) is 0 Å². The Bertz CT molecular complexity index is 624. The van der Waals surface area contributed by atoms with Gasteiger partial charge in [0.1, 0.15) is 0 Å². The summed E-state index contributed by atoms with van der Waals surface area (Å²) in [6.45, 7) is 0. The molecule has 0 atom stereocenters. The van der Waals surface area contributed by atoms with Crippen LogP contribution in [0.15, 0.2) is 45.3 Å². The van der Waals surface area contributed by atoms with Crippen molar-refractivity contribution < 1.29 is 4.79 Å². The van der Waals surface area contributed by atoms with Crippen molar-refractivity contribution in [2.75, 3.05) is 11.1 Å². The van der Waals surface area contributed by atoms with E-state index in [2.05, 4.69) is 37.2 Å². The van der Waals surface area contributed by atoms with Gasteiger partial charge in [-0.2, -0.15) is 0 Å². The fourth-order valence-corrected chi connectivity index (χ4v) is 2.84. The summed E-state index contributed by atoms with van der Waals surface area (Å²) in [5.74, 6) is -0.549. The molecule has 1 amide bonds. The minimum Gasteiger partial charge on any atom is -0.396 e. The van der Waals surface area contributed by atoms with E-state index in [9.17, 15) is 4.79 Å². The van der Waals surface area contributed by atoms with Crippen LogP contribution in [0.1, 0.15) is 10.4 Å². The molecule has 19 heavy (non-hydrogen) atoms. The van der Waals surface area contributed by atoms with E-state index in [-0.39, 0.29) is 0 Å². The number of carbonyl (C=O) groups excluding carboxylic acids is 1. The highest BCUT2D eigenvalue weighted by Crippen LogP contribution is 2.35. The molecule has 0 aliphatic heterocycles. The number of rotatable bonds is 3. The number of hydrogen-bond donors (Lipinski definition) is 3. The molecule has 0 unspecified atom stereocenters. The number of nitrogens with two attached hydrogens (primary N) is 2. The fraction of sp³-hybridized carbons (Fsp3) is 0. The van der Waals surface area contributed by atoms with Gasteiger partial charge < -0.3 is 16.8 Å². The molecule has 6 heteroatoms. The molecule has 2 aromatic rings. The van der Waals surface area contributed by atoms with Crippen LogP contribution in [0.4, 0.5) is 17.1 Å². The van der Waals surface area contributed by atoms with Gasteiger partial charge in [-0.3, -0.25) is 4.79 Å². The summed E-state index contributed by atoms with van der Waals surface area (Å²) in [5.41, 5.74) is 13.3. The van der Waals surface area contributed by atoms with Gasteiger partial charge in [0.05, 0.1) is 22.6 Å². The van der Waals surface area contributed by atoms with Crippen molar-refractivity contribution in [1.29, 1.82) is 0 Å². The lowest BCUT2D eigenvalue weighted by molar-refractivity contribution is 0.100. The van der Waals surface area contributed by atoms with Crippen LogP contribution >= 0.6 is 31.9 Å². The molecule has 0 aliphatic carbocycles. The molecule has 4 nitrogen and oxygen atoms in total. The van der Waals surface area contributed by atoms with Gasteiger partial charge in [0.25, 0.3) is 5.91 Å². The summed E-state index contributed by atoms with van der Waals surface area (Å²) in [6, 6.07) is 10.8. The van der Waals surface area contributed by atoms with Crippen molar-refractivity contribution >= 4 is 54.8 Å². The Morgan fingerprint density at radius 1 is 1.05 bits per heavy atom. The lowest BCUT2D eigenvalue weighted by Crippen LogP contribution is -2.14. The van der Waals surface area contributed by atoms with Gasteiger partial charge in [-0.25, -0.2) is 0 Å². The van der Waals surface area contributed by atoms with E-state index >= 15 is 0 Å². The molecule has 0 fully saturated rings. The van der Waals surface area contributed by atoms with Crippen molar-refractivity contribution in [2.24, 2.45) is 5.73 Å². The molecular weight excluding hydrogens is 374 g/mol. The third-order valence-electron chi connectivity index (χ3n) is 2.59. The highest BCUT2D eigenvalue weighted by molar-refractivity contribution is 9.11. The number of primary amides is 1. The Hall–Kier alpha value is -1.53. The number of benzene rings is 2. The Morgan fingerprint density at radius 3 is 2.21 bits per heavy atom. The van der Waals surface area contributed by atoms with Gasteiger partial charge in [0.2, 0.25) is 0 Å². The quantitative estimate of drug-likeness (QED) is 0.706. The molecular formula is C13H11Br2N3O. The first-order valence-corrected chi connectivity index (χ1v) is 6.98. The number of halogens is 2. The lowest BCUT2D eigenvalue weighted by Gasteiger charge is -2.14. The van der Waals surface area contributed by atoms with Crippen LogP contribution in [0, 0.1) is 0 Å². The minimum atomic E-state index is -0.549. The second kappa shape index (κ2) is 5.63. The number of anilines is 3. The SMILES string of the molecule is NC(=O)c1cccc(Nc2c(Br)cccc2Br)c1N. The maximum absolute atomic E-state index is 11.3. The molecule has 0 saturated heterocycles. The zero-order valence-electron chi connectivity index (χ0n) is 9.78. The monoisotopic (exact) mass is 383 g/mol. The average Bonchev–Trinajstić information content (AvgIpc) is 2.35. The summed E-state index contributed by atoms with van der Waals surface area (Å²) < 4.78 is 1.76. The first-order chi connectivity index (χ1) is 9.00. The lowest BCUT2D eigenvalue weighted by atomic mass is 10.1. The summed E-state index contributed by atoms with van der Waals surface area (Å²) in [5, 5.41) is 3.18. The average molecular weight is 385 g/mol. The predicted molar refractivity (Wildman–Crippen MR) is 84.5 cm³/mol. The Labute approximate surface area is 127 Å². The molecule has 2 rings (SSSR count). The van der Waals surface area contributed by atoms with Gasteiger partial charge >= 0.3 is 0 Å². The van der Waals surface area contributed by atoms with Crippen LogP contribution < -0.4 is 16.8 Å². The van der Waals surface area contributed by atoms with E-state index in [1.807, 2.05) is 18.2 Å². The second-order valence-corrected chi connectivity index (χ2v) is 5.56. The number of para-hydroxylation sites is 2. The maximum Gasteiger partial charge on any atom is 0.250 e. The maximum atomic E-state index is 11.3. The smallest absolute Gasteiger partial charge is 0.250 e. The third kappa shape index (κ3) is 2.90. The van der Waals surface area contributed by atoms with E-state index < -0.39 is 5.91 Å². The molecule has 0 aromatic heterocycles. The molecule has 98 valence electrons. The number of nitrogen functional groups attached to an aromatic ring is 1. The van der Waals surface area contributed by atoms with Crippen LogP contribution in [0.25, 0.3) is 0 Å². The highest BCUT2D eigenvalue weighted by atomic mass is 79.9. The van der Waals surface area contributed by atoms with Crippen molar-refractivity contribution in [2.45, 2.75) is 0 Å². The zero-order chi connectivity index (χ0) is 14.0. The van der Waals surface area contributed by atoms with E-state index in [1.54, 1.807) is 18.2 Å². The molecule has 0 radical (unpaired) electrons. The van der Waals surface area contributed by atoms with Gasteiger partial charge in [-0.05, 0) is 56.1 Å². The summed E-state index contributed by atoms with van der Waals surface area (Å²) in [6.07, 6.45) is 0.